The van der Waals surface area contributed by atoms with E-state index in [9.17, 15) is 4.79 Å². The number of rotatable bonds is 3. The van der Waals surface area contributed by atoms with E-state index in [4.69, 9.17) is 4.42 Å². The van der Waals surface area contributed by atoms with Crippen LogP contribution in [0.4, 0.5) is 0 Å². The Balaban J connectivity index is 2.01. The maximum absolute atomic E-state index is 11.8. The first kappa shape index (κ1) is 11.4. The first-order valence-corrected chi connectivity index (χ1v) is 5.40. The summed E-state index contributed by atoms with van der Waals surface area (Å²) in [4.78, 5) is 15.8. The highest BCUT2D eigenvalue weighted by Crippen LogP contribution is 2.06. The van der Waals surface area contributed by atoms with Crippen molar-refractivity contribution >= 4 is 5.91 Å². The molecule has 1 heterocycles. The third-order valence-electron chi connectivity index (χ3n) is 2.53. The maximum Gasteiger partial charge on any atom is 0.251 e. The molecule has 0 radical (unpaired) electrons. The molecule has 0 fully saturated rings. The van der Waals surface area contributed by atoms with Gasteiger partial charge in [-0.05, 0) is 26.0 Å². The molecule has 88 valence electrons. The van der Waals surface area contributed by atoms with Gasteiger partial charge in [0, 0.05) is 5.56 Å². The molecule has 0 aliphatic heterocycles. The van der Waals surface area contributed by atoms with E-state index >= 15 is 0 Å². The van der Waals surface area contributed by atoms with Gasteiger partial charge >= 0.3 is 0 Å². The van der Waals surface area contributed by atoms with Crippen LogP contribution in [0.25, 0.3) is 0 Å². The number of carbonyl (C=O) groups is 1. The Labute approximate surface area is 99.7 Å². The standard InChI is InChI=1S/C13H14N2O2/c1-9-4-3-5-11(6-9)13(16)14-7-12-10(2)15-8-17-12/h3-6,8H,7H2,1-2H3,(H,14,16). The third kappa shape index (κ3) is 2.72. The monoisotopic (exact) mass is 230 g/mol. The van der Waals surface area contributed by atoms with Crippen LogP contribution in [0, 0.1) is 13.8 Å². The summed E-state index contributed by atoms with van der Waals surface area (Å²) in [6.45, 7) is 4.16. The van der Waals surface area contributed by atoms with Gasteiger partial charge in [0.15, 0.2) is 6.39 Å². The Bertz CT molecular complexity index is 532. The summed E-state index contributed by atoms with van der Waals surface area (Å²) in [6.07, 6.45) is 1.38. The van der Waals surface area contributed by atoms with Crippen LogP contribution in [0.2, 0.25) is 0 Å². The molecule has 0 saturated heterocycles. The minimum absolute atomic E-state index is 0.107. The lowest BCUT2D eigenvalue weighted by molar-refractivity contribution is 0.0948. The Morgan fingerprint density at radius 2 is 2.24 bits per heavy atom. The minimum atomic E-state index is -0.107. The summed E-state index contributed by atoms with van der Waals surface area (Å²) < 4.78 is 5.15. The second-order valence-electron chi connectivity index (χ2n) is 3.91. The number of carbonyl (C=O) groups excluding carboxylic acids is 1. The number of amides is 1. The average molecular weight is 230 g/mol. The molecule has 4 nitrogen and oxygen atoms in total. The van der Waals surface area contributed by atoms with Crippen molar-refractivity contribution < 1.29 is 9.21 Å². The Morgan fingerprint density at radius 3 is 2.88 bits per heavy atom. The van der Waals surface area contributed by atoms with Crippen LogP contribution in [0.15, 0.2) is 35.1 Å². The number of benzene rings is 1. The van der Waals surface area contributed by atoms with E-state index in [2.05, 4.69) is 10.3 Å². The predicted octanol–water partition coefficient (Wildman–Crippen LogP) is 2.22. The molecule has 0 aliphatic carbocycles. The number of aromatic nitrogens is 1. The molecule has 0 unspecified atom stereocenters. The zero-order valence-corrected chi connectivity index (χ0v) is 9.86. The van der Waals surface area contributed by atoms with Crippen molar-refractivity contribution in [2.24, 2.45) is 0 Å². The second kappa shape index (κ2) is 4.82. The van der Waals surface area contributed by atoms with Crippen LogP contribution in [0.3, 0.4) is 0 Å². The Hall–Kier alpha value is -2.10. The van der Waals surface area contributed by atoms with E-state index in [-0.39, 0.29) is 5.91 Å². The van der Waals surface area contributed by atoms with Crippen molar-refractivity contribution in [3.63, 3.8) is 0 Å². The predicted molar refractivity (Wildman–Crippen MR) is 63.6 cm³/mol. The molecule has 1 aromatic heterocycles. The van der Waals surface area contributed by atoms with Crippen LogP contribution in [0.1, 0.15) is 27.4 Å². The molecule has 1 amide bonds. The maximum atomic E-state index is 11.8. The Morgan fingerprint density at radius 1 is 1.41 bits per heavy atom. The fourth-order valence-corrected chi connectivity index (χ4v) is 1.54. The van der Waals surface area contributed by atoms with Crippen molar-refractivity contribution in [1.82, 2.24) is 10.3 Å². The fraction of sp³-hybridized carbons (Fsp3) is 0.231. The van der Waals surface area contributed by atoms with Gasteiger partial charge in [0.05, 0.1) is 12.2 Å². The molecule has 1 aromatic carbocycles. The van der Waals surface area contributed by atoms with Crippen molar-refractivity contribution in [3.8, 4) is 0 Å². The SMILES string of the molecule is Cc1cccc(C(=O)NCc2ocnc2C)c1. The number of aryl methyl sites for hydroxylation is 2. The highest BCUT2D eigenvalue weighted by Gasteiger charge is 2.08. The van der Waals surface area contributed by atoms with Gasteiger partial charge in [-0.15, -0.1) is 0 Å². The third-order valence-corrected chi connectivity index (χ3v) is 2.53. The van der Waals surface area contributed by atoms with E-state index in [1.54, 1.807) is 6.07 Å². The summed E-state index contributed by atoms with van der Waals surface area (Å²) in [6, 6.07) is 7.46. The molecular formula is C13H14N2O2. The lowest BCUT2D eigenvalue weighted by atomic mass is 10.1. The molecular weight excluding hydrogens is 216 g/mol. The topological polar surface area (TPSA) is 55.1 Å². The van der Waals surface area contributed by atoms with E-state index < -0.39 is 0 Å². The number of nitrogens with zero attached hydrogens (tertiary/aromatic N) is 1. The van der Waals surface area contributed by atoms with Crippen LogP contribution < -0.4 is 5.32 Å². The summed E-state index contributed by atoms with van der Waals surface area (Å²) in [5.41, 5.74) is 2.52. The van der Waals surface area contributed by atoms with Gasteiger partial charge in [-0.2, -0.15) is 0 Å². The quantitative estimate of drug-likeness (QED) is 0.879. The first-order chi connectivity index (χ1) is 8.16. The van der Waals surface area contributed by atoms with Gasteiger partial charge in [-0.25, -0.2) is 4.98 Å². The molecule has 17 heavy (non-hydrogen) atoms. The Kier molecular flexibility index (Phi) is 3.23. The van der Waals surface area contributed by atoms with E-state index in [1.807, 2.05) is 32.0 Å². The lowest BCUT2D eigenvalue weighted by Gasteiger charge is -2.04. The molecule has 1 N–H and O–H groups in total. The number of hydrogen-bond acceptors (Lipinski definition) is 3. The van der Waals surface area contributed by atoms with E-state index in [0.29, 0.717) is 17.9 Å². The zero-order chi connectivity index (χ0) is 12.3. The second-order valence-corrected chi connectivity index (χ2v) is 3.91. The first-order valence-electron chi connectivity index (χ1n) is 5.40. The molecule has 0 bridgehead atoms. The summed E-state index contributed by atoms with van der Waals surface area (Å²) in [7, 11) is 0. The van der Waals surface area contributed by atoms with E-state index in [1.165, 1.54) is 6.39 Å². The van der Waals surface area contributed by atoms with Crippen molar-refractivity contribution in [3.05, 3.63) is 53.2 Å². The van der Waals surface area contributed by atoms with E-state index in [0.717, 1.165) is 11.3 Å². The largest absolute Gasteiger partial charge is 0.446 e. The van der Waals surface area contributed by atoms with Crippen LogP contribution in [-0.4, -0.2) is 10.9 Å². The summed E-state index contributed by atoms with van der Waals surface area (Å²) >= 11 is 0. The normalized spacial score (nSPS) is 10.2. The highest BCUT2D eigenvalue weighted by atomic mass is 16.3. The van der Waals surface area contributed by atoms with Crippen LogP contribution in [0.5, 0.6) is 0 Å². The zero-order valence-electron chi connectivity index (χ0n) is 9.86. The van der Waals surface area contributed by atoms with Gasteiger partial charge in [-0.1, -0.05) is 17.7 Å². The molecule has 0 spiro atoms. The summed E-state index contributed by atoms with van der Waals surface area (Å²) in [5.74, 6) is 0.579. The lowest BCUT2D eigenvalue weighted by Crippen LogP contribution is -2.22. The van der Waals surface area contributed by atoms with Gasteiger partial charge in [0.25, 0.3) is 5.91 Å². The summed E-state index contributed by atoms with van der Waals surface area (Å²) in [5, 5.41) is 2.80. The fourth-order valence-electron chi connectivity index (χ4n) is 1.54. The van der Waals surface area contributed by atoms with Crippen LogP contribution >= 0.6 is 0 Å². The molecule has 2 rings (SSSR count). The molecule has 0 aliphatic rings. The minimum Gasteiger partial charge on any atom is -0.446 e. The molecule has 0 atom stereocenters. The van der Waals surface area contributed by atoms with Gasteiger partial charge in [0.2, 0.25) is 0 Å². The number of nitrogens with one attached hydrogen (secondary N) is 1. The number of hydrogen-bond donors (Lipinski definition) is 1. The van der Waals surface area contributed by atoms with Gasteiger partial charge in [0.1, 0.15) is 5.76 Å². The van der Waals surface area contributed by atoms with Crippen molar-refractivity contribution in [2.75, 3.05) is 0 Å². The van der Waals surface area contributed by atoms with Gasteiger partial charge in [-0.3, -0.25) is 4.79 Å². The molecule has 0 saturated carbocycles. The van der Waals surface area contributed by atoms with Gasteiger partial charge < -0.3 is 9.73 Å². The number of oxazole rings is 1. The molecule has 4 heteroatoms. The van der Waals surface area contributed by atoms with Crippen LogP contribution in [-0.2, 0) is 6.54 Å². The van der Waals surface area contributed by atoms with Crippen molar-refractivity contribution in [2.45, 2.75) is 20.4 Å². The molecule has 2 aromatic rings. The smallest absolute Gasteiger partial charge is 0.251 e. The highest BCUT2D eigenvalue weighted by molar-refractivity contribution is 5.94. The van der Waals surface area contributed by atoms with Crippen molar-refractivity contribution in [1.29, 1.82) is 0 Å². The average Bonchev–Trinajstić information content (AvgIpc) is 2.72.